The largest absolute Gasteiger partial charge is 0.496 e. The first-order valence-corrected chi connectivity index (χ1v) is 8.83. The summed E-state index contributed by atoms with van der Waals surface area (Å²) in [4.78, 5) is 11.5. The number of benzene rings is 2. The molecule has 2 aromatic carbocycles. The molecule has 4 nitrogen and oxygen atoms in total. The molecule has 2 aromatic rings. The van der Waals surface area contributed by atoms with E-state index in [1.807, 2.05) is 39.0 Å². The molecular weight excluding hydrogens is 328 g/mol. The second kappa shape index (κ2) is 6.67. The molecule has 0 amide bonds. The summed E-state index contributed by atoms with van der Waals surface area (Å²) in [7, 11) is 1.64. The van der Waals surface area contributed by atoms with Gasteiger partial charge in [-0.25, -0.2) is 0 Å². The normalized spacial score (nSPS) is 18.7. The zero-order valence-electron chi connectivity index (χ0n) is 16.3. The summed E-state index contributed by atoms with van der Waals surface area (Å²) >= 11 is 0. The number of ether oxygens (including phenoxy) is 3. The lowest BCUT2D eigenvalue weighted by Gasteiger charge is -2.38. The standard InChI is InChI=1S/C22H25O4/c1-13-14(2)21-19(15(3)20(13)25-16(4)23)10-11-22(5,26-21)17-8-7-9-18(12-17)24-6/h7-8,12H,10-11H2,1-6H3. The molecule has 1 aliphatic rings. The van der Waals surface area contributed by atoms with Crippen LogP contribution in [0.1, 0.15) is 48.1 Å². The Morgan fingerprint density at radius 1 is 1.23 bits per heavy atom. The van der Waals surface area contributed by atoms with E-state index in [2.05, 4.69) is 13.0 Å². The molecule has 1 aliphatic heterocycles. The molecule has 0 N–H and O–H groups in total. The summed E-state index contributed by atoms with van der Waals surface area (Å²) in [5.74, 6) is 1.96. The number of carbonyl (C=O) groups excluding carboxylic acids is 1. The quantitative estimate of drug-likeness (QED) is 0.598. The van der Waals surface area contributed by atoms with E-state index in [-0.39, 0.29) is 5.97 Å². The van der Waals surface area contributed by atoms with Crippen molar-refractivity contribution < 1.29 is 19.0 Å². The number of esters is 1. The van der Waals surface area contributed by atoms with Crippen LogP contribution in [-0.2, 0) is 16.8 Å². The number of hydrogen-bond acceptors (Lipinski definition) is 4. The molecular formula is C22H25O4. The van der Waals surface area contributed by atoms with Gasteiger partial charge in [-0.2, -0.15) is 0 Å². The molecule has 0 bridgehead atoms. The SMILES string of the molecule is COc1[c]ccc(C2(C)CCc3c(C)c(OC(C)=O)c(C)c(C)c3O2)c1. The van der Waals surface area contributed by atoms with Crippen LogP contribution in [0.5, 0.6) is 17.2 Å². The Bertz CT molecular complexity index is 869. The van der Waals surface area contributed by atoms with Crippen LogP contribution >= 0.6 is 0 Å². The molecule has 1 radical (unpaired) electrons. The maximum atomic E-state index is 11.5. The third-order valence-corrected chi connectivity index (χ3v) is 5.34. The van der Waals surface area contributed by atoms with Crippen LogP contribution in [0.15, 0.2) is 18.2 Å². The predicted molar refractivity (Wildman–Crippen MR) is 100 cm³/mol. The van der Waals surface area contributed by atoms with Crippen molar-refractivity contribution in [1.82, 2.24) is 0 Å². The zero-order chi connectivity index (χ0) is 19.1. The van der Waals surface area contributed by atoms with E-state index >= 15 is 0 Å². The van der Waals surface area contributed by atoms with E-state index in [9.17, 15) is 4.79 Å². The molecule has 0 fully saturated rings. The Morgan fingerprint density at radius 3 is 2.62 bits per heavy atom. The Kier molecular flexibility index (Phi) is 4.70. The lowest BCUT2D eigenvalue weighted by atomic mass is 9.83. The summed E-state index contributed by atoms with van der Waals surface area (Å²) in [6.45, 7) is 9.52. The number of rotatable bonds is 3. The van der Waals surface area contributed by atoms with E-state index in [0.29, 0.717) is 11.5 Å². The van der Waals surface area contributed by atoms with Crippen molar-refractivity contribution in [3.05, 3.63) is 52.1 Å². The highest BCUT2D eigenvalue weighted by molar-refractivity contribution is 5.72. The van der Waals surface area contributed by atoms with Gasteiger partial charge in [-0.3, -0.25) is 4.79 Å². The van der Waals surface area contributed by atoms with Crippen LogP contribution in [0.25, 0.3) is 0 Å². The summed E-state index contributed by atoms with van der Waals surface area (Å²) < 4.78 is 17.3. The molecule has 137 valence electrons. The Hall–Kier alpha value is -2.49. The van der Waals surface area contributed by atoms with E-state index in [4.69, 9.17) is 14.2 Å². The molecule has 0 spiro atoms. The van der Waals surface area contributed by atoms with Crippen LogP contribution < -0.4 is 14.2 Å². The van der Waals surface area contributed by atoms with Crippen LogP contribution in [-0.4, -0.2) is 13.1 Å². The fourth-order valence-electron chi connectivity index (χ4n) is 3.63. The topological polar surface area (TPSA) is 44.8 Å². The van der Waals surface area contributed by atoms with Gasteiger partial charge in [0, 0.05) is 18.6 Å². The molecule has 1 atom stereocenters. The molecule has 0 saturated carbocycles. The second-order valence-electron chi connectivity index (χ2n) is 7.08. The average molecular weight is 353 g/mol. The Balaban J connectivity index is 2.07. The van der Waals surface area contributed by atoms with Crippen molar-refractivity contribution >= 4 is 5.97 Å². The fourth-order valence-corrected chi connectivity index (χ4v) is 3.63. The minimum atomic E-state index is -0.442. The highest BCUT2D eigenvalue weighted by atomic mass is 16.5. The highest BCUT2D eigenvalue weighted by Gasteiger charge is 2.36. The van der Waals surface area contributed by atoms with Gasteiger partial charge >= 0.3 is 5.97 Å². The van der Waals surface area contributed by atoms with Crippen molar-refractivity contribution in [3.8, 4) is 17.2 Å². The van der Waals surface area contributed by atoms with Crippen molar-refractivity contribution in [2.24, 2.45) is 0 Å². The van der Waals surface area contributed by atoms with E-state index in [1.165, 1.54) is 6.92 Å². The minimum absolute atomic E-state index is 0.301. The lowest BCUT2D eigenvalue weighted by molar-refractivity contribution is -0.132. The first-order valence-electron chi connectivity index (χ1n) is 8.83. The van der Waals surface area contributed by atoms with E-state index < -0.39 is 5.60 Å². The third-order valence-electron chi connectivity index (χ3n) is 5.34. The Labute approximate surface area is 155 Å². The van der Waals surface area contributed by atoms with Crippen molar-refractivity contribution in [1.29, 1.82) is 0 Å². The monoisotopic (exact) mass is 353 g/mol. The molecule has 0 aliphatic carbocycles. The molecule has 1 unspecified atom stereocenters. The first-order chi connectivity index (χ1) is 12.3. The van der Waals surface area contributed by atoms with Gasteiger partial charge in [0.05, 0.1) is 7.11 Å². The van der Waals surface area contributed by atoms with Gasteiger partial charge in [-0.1, -0.05) is 12.1 Å². The average Bonchev–Trinajstić information content (AvgIpc) is 2.63. The van der Waals surface area contributed by atoms with Crippen molar-refractivity contribution in [2.45, 2.75) is 53.1 Å². The van der Waals surface area contributed by atoms with Crippen LogP contribution in [0, 0.1) is 26.8 Å². The molecule has 3 rings (SSSR count). The lowest BCUT2D eigenvalue weighted by Crippen LogP contribution is -2.34. The molecule has 0 saturated heterocycles. The number of fused-ring (bicyclic) bond motifs is 1. The van der Waals surface area contributed by atoms with Gasteiger partial charge in [-0.05, 0) is 68.9 Å². The van der Waals surface area contributed by atoms with Gasteiger partial charge in [0.15, 0.2) is 0 Å². The third kappa shape index (κ3) is 3.05. The zero-order valence-corrected chi connectivity index (χ0v) is 16.3. The smallest absolute Gasteiger partial charge is 0.308 e. The second-order valence-corrected chi connectivity index (χ2v) is 7.08. The van der Waals surface area contributed by atoms with Crippen LogP contribution in [0.2, 0.25) is 0 Å². The highest BCUT2D eigenvalue weighted by Crippen LogP contribution is 2.46. The number of carbonyl (C=O) groups is 1. The van der Waals surface area contributed by atoms with Gasteiger partial charge < -0.3 is 14.2 Å². The Morgan fingerprint density at radius 2 is 1.96 bits per heavy atom. The number of methoxy groups -OCH3 is 1. The summed E-state index contributed by atoms with van der Waals surface area (Å²) in [6, 6.07) is 8.93. The molecule has 4 heteroatoms. The predicted octanol–water partition coefficient (Wildman–Crippen LogP) is 4.59. The van der Waals surface area contributed by atoms with Gasteiger partial charge in [0.2, 0.25) is 0 Å². The maximum Gasteiger partial charge on any atom is 0.308 e. The summed E-state index contributed by atoms with van der Waals surface area (Å²) in [5, 5.41) is 0. The molecule has 26 heavy (non-hydrogen) atoms. The number of hydrogen-bond donors (Lipinski definition) is 0. The molecule has 1 heterocycles. The first kappa shape index (κ1) is 18.3. The maximum absolute atomic E-state index is 11.5. The van der Waals surface area contributed by atoms with Gasteiger partial charge in [0.1, 0.15) is 22.8 Å². The van der Waals surface area contributed by atoms with Gasteiger partial charge in [-0.15, -0.1) is 0 Å². The van der Waals surface area contributed by atoms with E-state index in [0.717, 1.165) is 46.4 Å². The van der Waals surface area contributed by atoms with E-state index in [1.54, 1.807) is 7.11 Å². The van der Waals surface area contributed by atoms with Crippen molar-refractivity contribution in [2.75, 3.05) is 7.11 Å². The minimum Gasteiger partial charge on any atom is -0.496 e. The van der Waals surface area contributed by atoms with Crippen LogP contribution in [0.3, 0.4) is 0 Å². The molecule has 0 aromatic heterocycles. The van der Waals surface area contributed by atoms with Crippen LogP contribution in [0.4, 0.5) is 0 Å². The summed E-state index contributed by atoms with van der Waals surface area (Å²) in [5.41, 5.74) is 4.69. The van der Waals surface area contributed by atoms with Gasteiger partial charge in [0.25, 0.3) is 0 Å². The van der Waals surface area contributed by atoms with Crippen molar-refractivity contribution in [3.63, 3.8) is 0 Å². The summed E-state index contributed by atoms with van der Waals surface area (Å²) in [6.07, 6.45) is 1.68. The fraction of sp³-hybridized carbons (Fsp3) is 0.409.